The van der Waals surface area contributed by atoms with Crippen molar-refractivity contribution in [3.8, 4) is 0 Å². The normalized spacial score (nSPS) is 26.6. The maximum absolute atomic E-state index is 12.2. The summed E-state index contributed by atoms with van der Waals surface area (Å²) in [6, 6.07) is 0. The summed E-state index contributed by atoms with van der Waals surface area (Å²) >= 11 is 0. The van der Waals surface area contributed by atoms with Gasteiger partial charge in [0.25, 0.3) is 0 Å². The summed E-state index contributed by atoms with van der Waals surface area (Å²) in [5.41, 5.74) is 4.63. The van der Waals surface area contributed by atoms with Gasteiger partial charge in [0.2, 0.25) is 5.91 Å². The van der Waals surface area contributed by atoms with Gasteiger partial charge in [0.1, 0.15) is 5.41 Å². The molecule has 1 saturated carbocycles. The number of nitrogens with zero attached hydrogens (tertiary/aromatic N) is 2. The third-order valence-electron chi connectivity index (χ3n) is 3.39. The molecular formula is C9H15N3O4S. The number of rotatable bonds is 2. The summed E-state index contributed by atoms with van der Waals surface area (Å²) < 4.78 is 22.5. The molecule has 1 saturated heterocycles. The van der Waals surface area contributed by atoms with E-state index in [4.69, 9.17) is 10.9 Å². The number of nitrogens with two attached hydrogens (primary N) is 1. The van der Waals surface area contributed by atoms with Gasteiger partial charge >= 0.3 is 0 Å². The first-order valence-electron chi connectivity index (χ1n) is 5.39. The van der Waals surface area contributed by atoms with Crippen molar-refractivity contribution in [1.29, 1.82) is 0 Å². The van der Waals surface area contributed by atoms with E-state index in [1.807, 2.05) is 0 Å². The molecular weight excluding hydrogens is 246 g/mol. The number of oxime groups is 1. The van der Waals surface area contributed by atoms with Gasteiger partial charge in [0.05, 0.1) is 11.5 Å². The second-order valence-electron chi connectivity index (χ2n) is 4.51. The first kappa shape index (κ1) is 12.2. The highest BCUT2D eigenvalue weighted by Crippen LogP contribution is 2.47. The maximum atomic E-state index is 12.2. The van der Waals surface area contributed by atoms with E-state index in [0.717, 1.165) is 0 Å². The summed E-state index contributed by atoms with van der Waals surface area (Å²) in [6.45, 7) is 0.392. The van der Waals surface area contributed by atoms with Crippen molar-refractivity contribution in [1.82, 2.24) is 4.90 Å². The lowest BCUT2D eigenvalue weighted by Crippen LogP contribution is -2.49. The van der Waals surface area contributed by atoms with Crippen LogP contribution in [0.4, 0.5) is 0 Å². The second-order valence-corrected chi connectivity index (χ2v) is 6.82. The molecule has 0 aromatic rings. The Balaban J connectivity index is 2.08. The van der Waals surface area contributed by atoms with Gasteiger partial charge in [0, 0.05) is 13.1 Å². The van der Waals surface area contributed by atoms with Crippen LogP contribution in [0.5, 0.6) is 0 Å². The molecule has 1 heterocycles. The molecule has 0 spiro atoms. The number of hydrogen-bond donors (Lipinski definition) is 2. The molecule has 8 heteroatoms. The quantitative estimate of drug-likeness (QED) is 0.280. The lowest BCUT2D eigenvalue weighted by molar-refractivity contribution is -0.134. The van der Waals surface area contributed by atoms with Gasteiger partial charge in [-0.2, -0.15) is 0 Å². The topological polar surface area (TPSA) is 113 Å². The van der Waals surface area contributed by atoms with E-state index in [9.17, 15) is 13.2 Å². The van der Waals surface area contributed by atoms with Crippen molar-refractivity contribution in [3.63, 3.8) is 0 Å². The van der Waals surface area contributed by atoms with Gasteiger partial charge < -0.3 is 15.8 Å². The molecule has 2 rings (SSSR count). The van der Waals surface area contributed by atoms with Crippen LogP contribution in [0.25, 0.3) is 0 Å². The van der Waals surface area contributed by atoms with Crippen molar-refractivity contribution in [2.24, 2.45) is 16.3 Å². The van der Waals surface area contributed by atoms with E-state index in [2.05, 4.69) is 5.16 Å². The first-order valence-corrected chi connectivity index (χ1v) is 7.21. The molecule has 1 amide bonds. The molecule has 0 bridgehead atoms. The van der Waals surface area contributed by atoms with Gasteiger partial charge in [-0.15, -0.1) is 0 Å². The molecule has 17 heavy (non-hydrogen) atoms. The lowest BCUT2D eigenvalue weighted by atomic mass is 10.0. The van der Waals surface area contributed by atoms with Crippen LogP contribution in [-0.2, 0) is 14.6 Å². The van der Waals surface area contributed by atoms with Crippen LogP contribution in [0.15, 0.2) is 5.16 Å². The SMILES string of the molecule is NC(=NO)C1(C(=O)N2CCS(=O)(=O)CC2)CC1. The minimum absolute atomic E-state index is 0.00894. The lowest BCUT2D eigenvalue weighted by Gasteiger charge is -2.29. The van der Waals surface area contributed by atoms with Crippen LogP contribution in [-0.4, -0.2) is 54.9 Å². The zero-order chi connectivity index (χ0) is 12.7. The first-order chi connectivity index (χ1) is 7.91. The van der Waals surface area contributed by atoms with E-state index in [1.54, 1.807) is 0 Å². The Hall–Kier alpha value is -1.31. The third-order valence-corrected chi connectivity index (χ3v) is 5.00. The molecule has 1 aliphatic heterocycles. The number of hydrogen-bond acceptors (Lipinski definition) is 5. The van der Waals surface area contributed by atoms with Gasteiger partial charge in [-0.25, -0.2) is 8.42 Å². The van der Waals surface area contributed by atoms with Crippen molar-refractivity contribution in [2.75, 3.05) is 24.6 Å². The van der Waals surface area contributed by atoms with Crippen molar-refractivity contribution < 1.29 is 18.4 Å². The highest BCUT2D eigenvalue weighted by Gasteiger charge is 2.56. The van der Waals surface area contributed by atoms with Crippen molar-refractivity contribution in [2.45, 2.75) is 12.8 Å². The molecule has 1 aliphatic carbocycles. The van der Waals surface area contributed by atoms with Crippen LogP contribution in [0.1, 0.15) is 12.8 Å². The maximum Gasteiger partial charge on any atom is 0.236 e. The second kappa shape index (κ2) is 3.86. The predicted octanol–water partition coefficient (Wildman–Crippen LogP) is -1.23. The van der Waals surface area contributed by atoms with Crippen molar-refractivity contribution in [3.05, 3.63) is 0 Å². The summed E-state index contributed by atoms with van der Waals surface area (Å²) in [5, 5.41) is 11.5. The van der Waals surface area contributed by atoms with E-state index in [-0.39, 0.29) is 36.3 Å². The van der Waals surface area contributed by atoms with E-state index < -0.39 is 15.3 Å². The average Bonchev–Trinajstić information content (AvgIpc) is 3.08. The monoisotopic (exact) mass is 261 g/mol. The third kappa shape index (κ3) is 2.08. The Labute approximate surface area is 99.2 Å². The number of sulfone groups is 1. The summed E-state index contributed by atoms with van der Waals surface area (Å²) in [7, 11) is -3.00. The Morgan fingerprint density at radius 2 is 1.82 bits per heavy atom. The molecule has 2 aliphatic rings. The van der Waals surface area contributed by atoms with Crippen LogP contribution < -0.4 is 5.73 Å². The summed E-state index contributed by atoms with van der Waals surface area (Å²) in [4.78, 5) is 13.6. The molecule has 3 N–H and O–H groups in total. The Morgan fingerprint density at radius 1 is 1.29 bits per heavy atom. The van der Waals surface area contributed by atoms with Crippen LogP contribution in [0.2, 0.25) is 0 Å². The fourth-order valence-corrected chi connectivity index (χ4v) is 3.22. The van der Waals surface area contributed by atoms with Gasteiger partial charge in [-0.1, -0.05) is 5.16 Å². The highest BCUT2D eigenvalue weighted by atomic mass is 32.2. The van der Waals surface area contributed by atoms with Crippen LogP contribution >= 0.6 is 0 Å². The van der Waals surface area contributed by atoms with Gasteiger partial charge in [-0.05, 0) is 12.8 Å². The molecule has 96 valence electrons. The van der Waals surface area contributed by atoms with Gasteiger partial charge in [0.15, 0.2) is 15.7 Å². The minimum Gasteiger partial charge on any atom is -0.409 e. The minimum atomic E-state index is -3.00. The molecule has 0 aromatic carbocycles. The van der Waals surface area contributed by atoms with Crippen LogP contribution in [0, 0.1) is 5.41 Å². The van der Waals surface area contributed by atoms with E-state index in [0.29, 0.717) is 12.8 Å². The molecule has 2 fully saturated rings. The fraction of sp³-hybridized carbons (Fsp3) is 0.778. The molecule has 7 nitrogen and oxygen atoms in total. The predicted molar refractivity (Wildman–Crippen MR) is 60.3 cm³/mol. The smallest absolute Gasteiger partial charge is 0.236 e. The number of amidine groups is 1. The summed E-state index contributed by atoms with van der Waals surface area (Å²) in [5.74, 6) is -0.311. The number of carbonyl (C=O) groups excluding carboxylic acids is 1. The highest BCUT2D eigenvalue weighted by molar-refractivity contribution is 7.91. The number of carbonyl (C=O) groups is 1. The summed E-state index contributed by atoms with van der Waals surface area (Å²) in [6.07, 6.45) is 1.12. The van der Waals surface area contributed by atoms with E-state index in [1.165, 1.54) is 4.90 Å². The van der Waals surface area contributed by atoms with Gasteiger partial charge in [-0.3, -0.25) is 4.79 Å². The zero-order valence-corrected chi connectivity index (χ0v) is 10.1. The van der Waals surface area contributed by atoms with Crippen LogP contribution in [0.3, 0.4) is 0 Å². The fourth-order valence-electron chi connectivity index (χ4n) is 2.02. The Morgan fingerprint density at radius 3 is 2.24 bits per heavy atom. The average molecular weight is 261 g/mol. The Bertz CT molecular complexity index is 453. The zero-order valence-electron chi connectivity index (χ0n) is 9.29. The molecule has 0 atom stereocenters. The Kier molecular flexibility index (Phi) is 2.76. The number of amides is 1. The molecule has 0 aromatic heterocycles. The van der Waals surface area contributed by atoms with E-state index >= 15 is 0 Å². The molecule has 0 radical (unpaired) electrons. The molecule has 0 unspecified atom stereocenters. The largest absolute Gasteiger partial charge is 0.409 e. The van der Waals surface area contributed by atoms with Crippen molar-refractivity contribution >= 4 is 21.6 Å². The standard InChI is InChI=1S/C9H15N3O4S/c10-7(11-14)9(1-2-9)8(13)12-3-5-17(15,16)6-4-12/h14H,1-6H2,(H2,10,11).